The molecule has 2 rings (SSSR count). The minimum absolute atomic E-state index is 0.0274. The van der Waals surface area contributed by atoms with Gasteiger partial charge < -0.3 is 10.1 Å². The summed E-state index contributed by atoms with van der Waals surface area (Å²) in [4.78, 5) is 21.4. The van der Waals surface area contributed by atoms with Crippen LogP contribution in [-0.4, -0.2) is 24.1 Å². The summed E-state index contributed by atoms with van der Waals surface area (Å²) in [6.07, 6.45) is 0. The second-order valence-electron chi connectivity index (χ2n) is 4.75. The van der Waals surface area contributed by atoms with Crippen LogP contribution in [0.2, 0.25) is 0 Å². The van der Waals surface area contributed by atoms with Crippen LogP contribution in [-0.2, 0) is 14.3 Å². The highest BCUT2D eigenvalue weighted by Gasteiger charge is 2.65. The maximum atomic E-state index is 12.6. The van der Waals surface area contributed by atoms with Crippen LogP contribution in [0, 0.1) is 0 Å². The van der Waals surface area contributed by atoms with Crippen LogP contribution in [0.25, 0.3) is 0 Å². The molecule has 134 valence electrons. The molecular formula is C13H12F5NO3S2. The van der Waals surface area contributed by atoms with E-state index in [0.717, 1.165) is 23.9 Å². The number of halogens is 5. The van der Waals surface area contributed by atoms with Gasteiger partial charge in [-0.25, -0.2) is 4.79 Å². The van der Waals surface area contributed by atoms with Crippen LogP contribution < -0.4 is 5.32 Å². The molecular weight excluding hydrogens is 377 g/mol. The molecule has 0 radical (unpaired) electrons. The van der Waals surface area contributed by atoms with Crippen LogP contribution in [0.1, 0.15) is 6.92 Å². The Morgan fingerprint density at radius 3 is 2.29 bits per heavy atom. The molecule has 0 bridgehead atoms. The Balaban J connectivity index is 2.28. The molecule has 1 heterocycles. The number of carbonyl (C=O) groups is 2. The number of anilines is 1. The van der Waals surface area contributed by atoms with Gasteiger partial charge in [0.2, 0.25) is 0 Å². The van der Waals surface area contributed by atoms with Crippen molar-refractivity contribution in [1.29, 1.82) is 0 Å². The average Bonchev–Trinajstić information content (AvgIpc) is 2.78. The van der Waals surface area contributed by atoms with Gasteiger partial charge in [-0.2, -0.15) is 0 Å². The Bertz CT molecular complexity index is 729. The highest BCUT2D eigenvalue weighted by Crippen LogP contribution is 3.02. The number of benzene rings is 1. The van der Waals surface area contributed by atoms with Crippen molar-refractivity contribution < 1.29 is 33.8 Å². The van der Waals surface area contributed by atoms with Crippen molar-refractivity contribution in [3.8, 4) is 0 Å². The summed E-state index contributed by atoms with van der Waals surface area (Å²) in [5, 5.41) is 2.70. The number of hydrogen-bond acceptors (Lipinski definition) is 5. The van der Waals surface area contributed by atoms with Crippen molar-refractivity contribution >= 4 is 39.4 Å². The Hall–Kier alpha value is -1.75. The third-order valence-corrected chi connectivity index (χ3v) is 5.06. The first kappa shape index (κ1) is 18.6. The Morgan fingerprint density at radius 1 is 1.21 bits per heavy atom. The lowest BCUT2D eigenvalue weighted by atomic mass is 10.2. The minimum atomic E-state index is -9.73. The number of thioether (sulfide) groups is 1. The summed E-state index contributed by atoms with van der Waals surface area (Å²) in [6, 6.07) is 2.09. The molecule has 0 atom stereocenters. The smallest absolute Gasteiger partial charge is 0.344 e. The van der Waals surface area contributed by atoms with Gasteiger partial charge in [-0.05, 0) is 31.2 Å². The van der Waals surface area contributed by atoms with Gasteiger partial charge in [0.1, 0.15) is 10.5 Å². The number of nitrogens with one attached hydrogen (secondary N) is 1. The zero-order valence-corrected chi connectivity index (χ0v) is 13.8. The van der Waals surface area contributed by atoms with Crippen LogP contribution in [0.4, 0.5) is 25.1 Å². The quantitative estimate of drug-likeness (QED) is 0.443. The Kier molecular flexibility index (Phi) is 4.17. The van der Waals surface area contributed by atoms with Crippen molar-refractivity contribution in [3.05, 3.63) is 34.9 Å². The van der Waals surface area contributed by atoms with E-state index in [9.17, 15) is 29.0 Å². The zero-order chi connectivity index (χ0) is 18.2. The van der Waals surface area contributed by atoms with Gasteiger partial charge in [-0.15, -0.1) is 0 Å². The van der Waals surface area contributed by atoms with Crippen molar-refractivity contribution in [2.45, 2.75) is 11.8 Å². The van der Waals surface area contributed by atoms with Crippen molar-refractivity contribution in [3.63, 3.8) is 0 Å². The molecule has 0 aliphatic carbocycles. The van der Waals surface area contributed by atoms with E-state index < -0.39 is 26.9 Å². The van der Waals surface area contributed by atoms with Gasteiger partial charge in [0.05, 0.1) is 17.4 Å². The Labute approximate surface area is 138 Å². The standard InChI is InChI=1S/C13H12F5NO3S2/c1-2-22-13(21)11-10(20)7-23-12(11)19-8-3-5-9(6-4-8)24(14,15,16,17)18/h3-6,19H,2,7H2,1H3. The number of carbonyl (C=O) groups excluding carboxylic acids is 2. The normalized spacial score (nSPS) is 18.2. The molecule has 4 nitrogen and oxygen atoms in total. The van der Waals surface area contributed by atoms with Gasteiger partial charge in [-0.1, -0.05) is 31.2 Å². The van der Waals surface area contributed by atoms with Crippen molar-refractivity contribution in [2.24, 2.45) is 0 Å². The third kappa shape index (κ3) is 4.20. The van der Waals surface area contributed by atoms with E-state index >= 15 is 0 Å². The van der Waals surface area contributed by atoms with E-state index in [2.05, 4.69) is 5.32 Å². The largest absolute Gasteiger partial charge is 0.462 e. The average molecular weight is 389 g/mol. The van der Waals surface area contributed by atoms with E-state index in [1.165, 1.54) is 0 Å². The van der Waals surface area contributed by atoms with Gasteiger partial charge in [0, 0.05) is 5.69 Å². The van der Waals surface area contributed by atoms with E-state index in [0.29, 0.717) is 0 Å². The summed E-state index contributed by atoms with van der Waals surface area (Å²) in [6.45, 7) is 1.60. The fourth-order valence-corrected chi connectivity index (χ4v) is 3.45. The molecule has 0 saturated carbocycles. The Morgan fingerprint density at radius 2 is 1.79 bits per heavy atom. The summed E-state index contributed by atoms with van der Waals surface area (Å²) >= 11 is 0.971. The monoisotopic (exact) mass is 389 g/mol. The van der Waals surface area contributed by atoms with E-state index in [1.54, 1.807) is 6.92 Å². The molecule has 1 aliphatic rings. The van der Waals surface area contributed by atoms with Crippen molar-refractivity contribution in [2.75, 3.05) is 17.7 Å². The second kappa shape index (κ2) is 5.38. The van der Waals surface area contributed by atoms with E-state index in [1.807, 2.05) is 0 Å². The highest BCUT2D eigenvalue weighted by molar-refractivity contribution is 8.45. The number of rotatable bonds is 5. The highest BCUT2D eigenvalue weighted by atomic mass is 32.5. The van der Waals surface area contributed by atoms with Crippen LogP contribution in [0.15, 0.2) is 39.8 Å². The fraction of sp³-hybridized carbons (Fsp3) is 0.231. The molecule has 0 spiro atoms. The SMILES string of the molecule is CCOC(=O)C1=C(Nc2ccc(S(F)(F)(F)(F)F)cc2)SCC1=O. The summed E-state index contributed by atoms with van der Waals surface area (Å²) in [7, 11) is -9.73. The van der Waals surface area contributed by atoms with Gasteiger partial charge >= 0.3 is 16.2 Å². The summed E-state index contributed by atoms with van der Waals surface area (Å²) in [5.41, 5.74) is -0.210. The number of esters is 1. The molecule has 0 amide bonds. The fourth-order valence-electron chi connectivity index (χ4n) is 1.84. The molecule has 0 unspecified atom stereocenters. The van der Waals surface area contributed by atoms with Gasteiger partial charge in [0.15, 0.2) is 5.78 Å². The zero-order valence-electron chi connectivity index (χ0n) is 12.2. The van der Waals surface area contributed by atoms with Crippen LogP contribution >= 0.6 is 22.0 Å². The maximum Gasteiger partial charge on any atom is 0.344 e. The molecule has 1 aliphatic heterocycles. The molecule has 0 aromatic heterocycles. The van der Waals surface area contributed by atoms with Gasteiger partial charge in [0.25, 0.3) is 0 Å². The van der Waals surface area contributed by atoms with Gasteiger partial charge in [-0.3, -0.25) is 4.79 Å². The number of Topliss-reactive ketones (excluding diaryl/α,β-unsaturated/α-hetero) is 1. The minimum Gasteiger partial charge on any atom is -0.462 e. The first-order chi connectivity index (χ1) is 10.8. The summed E-state index contributed by atoms with van der Waals surface area (Å²) < 4.78 is 68.0. The van der Waals surface area contributed by atoms with E-state index in [4.69, 9.17) is 4.74 Å². The topological polar surface area (TPSA) is 55.4 Å². The first-order valence-corrected chi connectivity index (χ1v) is 9.44. The summed E-state index contributed by atoms with van der Waals surface area (Å²) in [5.74, 6) is -1.36. The molecule has 24 heavy (non-hydrogen) atoms. The molecule has 1 aromatic rings. The molecule has 1 aromatic carbocycles. The molecule has 0 saturated heterocycles. The lowest BCUT2D eigenvalue weighted by Gasteiger charge is -2.40. The predicted octanol–water partition coefficient (Wildman–Crippen LogP) is 4.85. The van der Waals surface area contributed by atoms with E-state index in [-0.39, 0.29) is 40.8 Å². The molecule has 1 N–H and O–H groups in total. The maximum absolute atomic E-state index is 12.6. The van der Waals surface area contributed by atoms with Crippen molar-refractivity contribution in [1.82, 2.24) is 0 Å². The number of ether oxygens (including phenoxy) is 1. The number of hydrogen-bond donors (Lipinski definition) is 1. The first-order valence-electron chi connectivity index (χ1n) is 6.50. The lowest BCUT2D eigenvalue weighted by molar-refractivity contribution is -0.139. The second-order valence-corrected chi connectivity index (χ2v) is 8.15. The van der Waals surface area contributed by atoms with Crippen LogP contribution in [0.5, 0.6) is 0 Å². The molecule has 0 fully saturated rings. The number of ketones is 1. The lowest BCUT2D eigenvalue weighted by Crippen LogP contribution is -2.16. The predicted molar refractivity (Wildman–Crippen MR) is 82.6 cm³/mol. The third-order valence-electron chi connectivity index (χ3n) is 2.89. The molecule has 11 heteroatoms. The van der Waals surface area contributed by atoms with Crippen LogP contribution in [0.3, 0.4) is 0 Å².